The molecule has 2 fully saturated rings. The molecule has 1 amide bonds. The summed E-state index contributed by atoms with van der Waals surface area (Å²) in [5, 5.41) is 0. The van der Waals surface area contributed by atoms with Gasteiger partial charge in [0.05, 0.1) is 33.3 Å². The zero-order valence-corrected chi connectivity index (χ0v) is 16.0. The molecule has 2 aliphatic rings. The van der Waals surface area contributed by atoms with Crippen LogP contribution in [-0.2, 0) is 17.8 Å². The molecule has 0 radical (unpaired) electrons. The first-order chi connectivity index (χ1) is 13.5. The summed E-state index contributed by atoms with van der Waals surface area (Å²) in [7, 11) is 3.13. The fourth-order valence-corrected chi connectivity index (χ4v) is 3.97. The maximum atomic E-state index is 13.0. The van der Waals surface area contributed by atoms with E-state index in [-0.39, 0.29) is 17.1 Å². The minimum atomic E-state index is -0.286. The number of carbonyl (C=O) groups excluding carboxylic acids is 1. The highest BCUT2D eigenvalue weighted by Crippen LogP contribution is 2.40. The quantitative estimate of drug-likeness (QED) is 0.750. The molecule has 7 nitrogen and oxygen atoms in total. The van der Waals surface area contributed by atoms with Crippen LogP contribution in [0, 0.1) is 11.2 Å². The molecule has 4 rings (SSSR count). The van der Waals surface area contributed by atoms with Gasteiger partial charge in [0.15, 0.2) is 0 Å². The third-order valence-corrected chi connectivity index (χ3v) is 5.30. The van der Waals surface area contributed by atoms with Crippen molar-refractivity contribution in [3.8, 4) is 11.8 Å². The summed E-state index contributed by atoms with van der Waals surface area (Å²) in [4.78, 5) is 25.3. The molecular formula is C20H23FN4O3. The second kappa shape index (κ2) is 7.35. The molecular weight excluding hydrogens is 363 g/mol. The van der Waals surface area contributed by atoms with Crippen molar-refractivity contribution in [3.63, 3.8) is 0 Å². The van der Waals surface area contributed by atoms with Gasteiger partial charge in [0.25, 0.3) is 0 Å². The van der Waals surface area contributed by atoms with Crippen molar-refractivity contribution in [2.75, 3.05) is 40.4 Å². The maximum Gasteiger partial charge on any atom is 0.227 e. The van der Waals surface area contributed by atoms with Gasteiger partial charge in [0.2, 0.25) is 17.7 Å². The molecule has 1 aromatic carbocycles. The number of amides is 1. The lowest BCUT2D eigenvalue weighted by Crippen LogP contribution is -2.72. The highest BCUT2D eigenvalue weighted by atomic mass is 19.1. The lowest BCUT2D eigenvalue weighted by Gasteiger charge is -2.60. The van der Waals surface area contributed by atoms with Crippen molar-refractivity contribution < 1.29 is 18.7 Å². The minimum absolute atomic E-state index is 0.0940. The van der Waals surface area contributed by atoms with Gasteiger partial charge in [0, 0.05) is 31.6 Å². The lowest BCUT2D eigenvalue weighted by molar-refractivity contribution is -0.159. The SMILES string of the molecule is COc1cc(OC)nc(CN2CC3(C2)CN(C(=O)Cc2ccc(F)cc2)C3)n1. The van der Waals surface area contributed by atoms with Crippen LogP contribution in [0.25, 0.3) is 0 Å². The smallest absolute Gasteiger partial charge is 0.227 e. The molecule has 0 atom stereocenters. The molecule has 0 aliphatic carbocycles. The summed E-state index contributed by atoms with van der Waals surface area (Å²) in [6.45, 7) is 3.99. The number of rotatable bonds is 6. The molecule has 2 aliphatic heterocycles. The molecule has 28 heavy (non-hydrogen) atoms. The number of methoxy groups -OCH3 is 2. The average Bonchev–Trinajstić information content (AvgIpc) is 2.63. The lowest BCUT2D eigenvalue weighted by atomic mass is 9.72. The zero-order valence-electron chi connectivity index (χ0n) is 16.0. The summed E-state index contributed by atoms with van der Waals surface area (Å²) in [5.74, 6) is 1.44. The maximum absolute atomic E-state index is 13.0. The van der Waals surface area contributed by atoms with Crippen molar-refractivity contribution in [1.29, 1.82) is 0 Å². The monoisotopic (exact) mass is 386 g/mol. The Morgan fingerprint density at radius 1 is 1.07 bits per heavy atom. The number of likely N-dealkylation sites (tertiary alicyclic amines) is 2. The molecule has 0 saturated carbocycles. The fraction of sp³-hybridized carbons (Fsp3) is 0.450. The molecule has 2 aromatic rings. The van der Waals surface area contributed by atoms with Crippen molar-refractivity contribution in [2.45, 2.75) is 13.0 Å². The van der Waals surface area contributed by atoms with E-state index < -0.39 is 0 Å². The molecule has 0 bridgehead atoms. The van der Waals surface area contributed by atoms with Crippen LogP contribution in [0.2, 0.25) is 0 Å². The van der Waals surface area contributed by atoms with Crippen LogP contribution in [0.15, 0.2) is 30.3 Å². The van der Waals surface area contributed by atoms with Crippen LogP contribution in [0.5, 0.6) is 11.8 Å². The number of benzene rings is 1. The Morgan fingerprint density at radius 2 is 1.68 bits per heavy atom. The van der Waals surface area contributed by atoms with Crippen molar-refractivity contribution >= 4 is 5.91 Å². The molecule has 3 heterocycles. The summed E-state index contributed by atoms with van der Waals surface area (Å²) >= 11 is 0. The first kappa shape index (κ1) is 18.6. The Bertz CT molecular complexity index is 838. The Hall–Kier alpha value is -2.74. The van der Waals surface area contributed by atoms with E-state index in [2.05, 4.69) is 14.9 Å². The number of aromatic nitrogens is 2. The van der Waals surface area contributed by atoms with E-state index in [4.69, 9.17) is 9.47 Å². The summed E-state index contributed by atoms with van der Waals surface area (Å²) < 4.78 is 23.3. The number of halogens is 1. The predicted molar refractivity (Wildman–Crippen MR) is 99.5 cm³/mol. The van der Waals surface area contributed by atoms with Crippen LogP contribution in [0.3, 0.4) is 0 Å². The van der Waals surface area contributed by atoms with Crippen LogP contribution in [0.4, 0.5) is 4.39 Å². The molecule has 1 aromatic heterocycles. The molecule has 1 spiro atoms. The first-order valence-electron chi connectivity index (χ1n) is 9.19. The number of carbonyl (C=O) groups is 1. The van der Waals surface area contributed by atoms with Gasteiger partial charge in [-0.1, -0.05) is 12.1 Å². The van der Waals surface area contributed by atoms with Gasteiger partial charge in [-0.3, -0.25) is 9.69 Å². The highest BCUT2D eigenvalue weighted by Gasteiger charge is 2.52. The molecule has 148 valence electrons. The Labute approximate surface area is 163 Å². The van der Waals surface area contributed by atoms with E-state index in [1.807, 2.05) is 4.90 Å². The van der Waals surface area contributed by atoms with Gasteiger partial charge in [0.1, 0.15) is 11.6 Å². The van der Waals surface area contributed by atoms with Crippen molar-refractivity contribution in [3.05, 3.63) is 47.5 Å². The fourth-order valence-electron chi connectivity index (χ4n) is 3.97. The normalized spacial score (nSPS) is 17.8. The van der Waals surface area contributed by atoms with Gasteiger partial charge in [-0.05, 0) is 17.7 Å². The Morgan fingerprint density at radius 3 is 2.25 bits per heavy atom. The zero-order chi connectivity index (χ0) is 19.7. The third-order valence-electron chi connectivity index (χ3n) is 5.30. The van der Waals surface area contributed by atoms with E-state index in [0.29, 0.717) is 30.5 Å². The standard InChI is InChI=1S/C20H23FN4O3/c1-27-17-8-18(28-2)23-16(22-17)9-24-10-20(11-24)12-25(13-20)19(26)7-14-3-5-15(21)6-4-14/h3-6,8H,7,9-13H2,1-2H3. The van der Waals surface area contributed by atoms with Gasteiger partial charge in [-0.2, -0.15) is 9.97 Å². The molecule has 0 unspecified atom stereocenters. The van der Waals surface area contributed by atoms with Crippen LogP contribution >= 0.6 is 0 Å². The third kappa shape index (κ3) is 3.77. The topological polar surface area (TPSA) is 67.8 Å². The van der Waals surface area contributed by atoms with Gasteiger partial charge >= 0.3 is 0 Å². The Kier molecular flexibility index (Phi) is 4.89. The second-order valence-corrected chi connectivity index (χ2v) is 7.57. The number of nitrogens with zero attached hydrogens (tertiary/aromatic N) is 4. The van der Waals surface area contributed by atoms with Crippen LogP contribution < -0.4 is 9.47 Å². The molecule has 2 saturated heterocycles. The number of hydrogen-bond acceptors (Lipinski definition) is 6. The van der Waals surface area contributed by atoms with Gasteiger partial charge in [-0.15, -0.1) is 0 Å². The molecule has 8 heteroatoms. The van der Waals surface area contributed by atoms with Crippen molar-refractivity contribution in [2.24, 2.45) is 5.41 Å². The summed E-state index contributed by atoms with van der Waals surface area (Å²) in [6, 6.07) is 7.75. The second-order valence-electron chi connectivity index (χ2n) is 7.57. The van der Waals surface area contributed by atoms with E-state index in [1.54, 1.807) is 32.4 Å². The molecule has 0 N–H and O–H groups in total. The van der Waals surface area contributed by atoms with E-state index in [9.17, 15) is 9.18 Å². The largest absolute Gasteiger partial charge is 0.481 e. The number of ether oxygens (including phenoxy) is 2. The van der Waals surface area contributed by atoms with Crippen LogP contribution in [-0.4, -0.2) is 66.1 Å². The number of hydrogen-bond donors (Lipinski definition) is 0. The van der Waals surface area contributed by atoms with Gasteiger partial charge < -0.3 is 14.4 Å². The predicted octanol–water partition coefficient (Wildman–Crippen LogP) is 1.52. The Balaban J connectivity index is 1.26. The van der Waals surface area contributed by atoms with E-state index in [1.165, 1.54) is 12.1 Å². The van der Waals surface area contributed by atoms with Gasteiger partial charge in [-0.25, -0.2) is 4.39 Å². The summed E-state index contributed by atoms with van der Waals surface area (Å²) in [6.07, 6.45) is 0.317. The summed E-state index contributed by atoms with van der Waals surface area (Å²) in [5.41, 5.74) is 1.02. The first-order valence-corrected chi connectivity index (χ1v) is 9.19. The van der Waals surface area contributed by atoms with E-state index in [0.717, 1.165) is 31.7 Å². The highest BCUT2D eigenvalue weighted by molar-refractivity contribution is 5.79. The van der Waals surface area contributed by atoms with Crippen LogP contribution in [0.1, 0.15) is 11.4 Å². The average molecular weight is 386 g/mol. The van der Waals surface area contributed by atoms with Crippen molar-refractivity contribution in [1.82, 2.24) is 19.8 Å². The minimum Gasteiger partial charge on any atom is -0.481 e. The van der Waals surface area contributed by atoms with E-state index >= 15 is 0 Å².